The molecule has 0 aliphatic carbocycles. The lowest BCUT2D eigenvalue weighted by Gasteiger charge is -2.46. The highest BCUT2D eigenvalue weighted by atomic mass is 16.6. The van der Waals surface area contributed by atoms with Crippen molar-refractivity contribution < 1.29 is 28.4 Å². The first-order valence-electron chi connectivity index (χ1n) is 19.1. The predicted octanol–water partition coefficient (Wildman–Crippen LogP) is 10.0. The zero-order chi connectivity index (χ0) is 37.7. The Morgan fingerprint density at radius 2 is 0.982 bits per heavy atom. The van der Waals surface area contributed by atoms with Crippen LogP contribution >= 0.6 is 0 Å². The predicted molar refractivity (Wildman–Crippen MR) is 216 cm³/mol. The van der Waals surface area contributed by atoms with Crippen LogP contribution in [0, 0.1) is 6.92 Å². The molecule has 0 N–H and O–H groups in total. The average molecular weight is 735 g/mol. The standard InChI is InChI=1S/C49H50O6/c1-36-23-26-42(30-43(36)29-37-24-27-44(50-2)28-25-37)46-48(53-33-40-19-11-5-12-20-40)49(54-34-41-21-13-6-14-22-41)47(52-32-39-17-9-4-10-18-39)45(55-46)35-51-31-38-15-7-3-8-16-38/h3-28,30,45-49H,29,31-35H2,1-2H3. The van der Waals surface area contributed by atoms with E-state index in [1.165, 1.54) is 16.7 Å². The van der Waals surface area contributed by atoms with Gasteiger partial charge in [-0.2, -0.15) is 0 Å². The van der Waals surface area contributed by atoms with E-state index in [1.807, 2.05) is 84.9 Å². The third-order valence-electron chi connectivity index (χ3n) is 10.1. The van der Waals surface area contributed by atoms with Crippen molar-refractivity contribution in [3.8, 4) is 5.75 Å². The molecule has 5 atom stereocenters. The van der Waals surface area contributed by atoms with Gasteiger partial charge in [-0.1, -0.05) is 152 Å². The van der Waals surface area contributed by atoms with Crippen LogP contribution in [-0.2, 0) is 56.5 Å². The molecular formula is C49H50O6. The zero-order valence-electron chi connectivity index (χ0n) is 31.7. The molecule has 6 aromatic rings. The molecule has 0 radical (unpaired) electrons. The summed E-state index contributed by atoms with van der Waals surface area (Å²) in [5, 5.41) is 0. The molecule has 6 heteroatoms. The molecule has 5 unspecified atom stereocenters. The zero-order valence-corrected chi connectivity index (χ0v) is 31.7. The first-order chi connectivity index (χ1) is 27.1. The smallest absolute Gasteiger partial charge is 0.118 e. The number of aryl methyl sites for hydroxylation is 1. The molecule has 1 aliphatic rings. The summed E-state index contributed by atoms with van der Waals surface area (Å²) in [5.74, 6) is 0.842. The highest BCUT2D eigenvalue weighted by Crippen LogP contribution is 2.39. The number of hydrogen-bond donors (Lipinski definition) is 0. The van der Waals surface area contributed by atoms with Crippen LogP contribution in [0.5, 0.6) is 5.75 Å². The molecule has 1 fully saturated rings. The lowest BCUT2D eigenvalue weighted by atomic mass is 9.88. The van der Waals surface area contributed by atoms with E-state index >= 15 is 0 Å². The van der Waals surface area contributed by atoms with E-state index in [4.69, 9.17) is 28.4 Å². The quantitative estimate of drug-likeness (QED) is 0.0930. The van der Waals surface area contributed by atoms with Gasteiger partial charge in [-0.05, 0) is 70.0 Å². The number of hydrogen-bond acceptors (Lipinski definition) is 6. The summed E-state index contributed by atoms with van der Waals surface area (Å²) in [7, 11) is 1.69. The molecular weight excluding hydrogens is 685 g/mol. The van der Waals surface area contributed by atoms with Crippen LogP contribution < -0.4 is 4.74 Å². The molecule has 1 heterocycles. The van der Waals surface area contributed by atoms with Crippen LogP contribution in [0.2, 0.25) is 0 Å². The van der Waals surface area contributed by atoms with Crippen LogP contribution in [0.25, 0.3) is 0 Å². The van der Waals surface area contributed by atoms with Gasteiger partial charge in [0.1, 0.15) is 36.3 Å². The van der Waals surface area contributed by atoms with E-state index in [0.717, 1.165) is 40.0 Å². The number of methoxy groups -OCH3 is 1. The van der Waals surface area contributed by atoms with Crippen molar-refractivity contribution in [3.05, 3.63) is 208 Å². The second-order valence-corrected chi connectivity index (χ2v) is 14.1. The number of ether oxygens (including phenoxy) is 6. The van der Waals surface area contributed by atoms with Gasteiger partial charge >= 0.3 is 0 Å². The van der Waals surface area contributed by atoms with Crippen molar-refractivity contribution in [1.82, 2.24) is 0 Å². The molecule has 0 spiro atoms. The third kappa shape index (κ3) is 10.6. The van der Waals surface area contributed by atoms with Gasteiger partial charge in [-0.15, -0.1) is 0 Å². The van der Waals surface area contributed by atoms with E-state index in [0.29, 0.717) is 33.0 Å². The molecule has 1 saturated heterocycles. The Balaban J connectivity index is 1.25. The summed E-state index contributed by atoms with van der Waals surface area (Å²) in [5.41, 5.74) is 8.96. The van der Waals surface area contributed by atoms with Crippen molar-refractivity contribution in [1.29, 1.82) is 0 Å². The first-order valence-corrected chi connectivity index (χ1v) is 19.1. The van der Waals surface area contributed by atoms with Gasteiger partial charge in [0.15, 0.2) is 0 Å². The summed E-state index contributed by atoms with van der Waals surface area (Å²) in [6.07, 6.45) is -1.66. The van der Waals surface area contributed by atoms with Crippen LogP contribution in [0.1, 0.15) is 50.6 Å². The van der Waals surface area contributed by atoms with Gasteiger partial charge in [-0.25, -0.2) is 0 Å². The Labute approximate surface area is 325 Å². The number of benzene rings is 6. The van der Waals surface area contributed by atoms with Crippen molar-refractivity contribution in [2.24, 2.45) is 0 Å². The minimum absolute atomic E-state index is 0.312. The van der Waals surface area contributed by atoms with Gasteiger partial charge in [0, 0.05) is 0 Å². The summed E-state index contributed by atoms with van der Waals surface area (Å²) in [6.45, 7) is 4.10. The van der Waals surface area contributed by atoms with Gasteiger partial charge in [-0.3, -0.25) is 0 Å². The van der Waals surface area contributed by atoms with Crippen LogP contribution in [0.15, 0.2) is 164 Å². The summed E-state index contributed by atoms with van der Waals surface area (Å²) < 4.78 is 39.9. The molecule has 6 nitrogen and oxygen atoms in total. The van der Waals surface area contributed by atoms with Crippen molar-refractivity contribution in [3.63, 3.8) is 0 Å². The lowest BCUT2D eigenvalue weighted by Crippen LogP contribution is -2.58. The monoisotopic (exact) mass is 734 g/mol. The average Bonchev–Trinajstić information content (AvgIpc) is 3.24. The maximum absolute atomic E-state index is 7.20. The Kier molecular flexibility index (Phi) is 13.5. The fourth-order valence-corrected chi connectivity index (χ4v) is 7.08. The number of rotatable bonds is 17. The van der Waals surface area contributed by atoms with Gasteiger partial charge < -0.3 is 28.4 Å². The van der Waals surface area contributed by atoms with E-state index in [9.17, 15) is 0 Å². The lowest BCUT2D eigenvalue weighted by molar-refractivity contribution is -0.275. The second-order valence-electron chi connectivity index (χ2n) is 14.1. The molecule has 0 aromatic heterocycles. The SMILES string of the molecule is COc1ccc(Cc2cc(C3OC(COCc4ccccc4)C(OCc4ccccc4)C(OCc4ccccc4)C3OCc3ccccc3)ccc2C)cc1. The molecule has 6 aromatic carbocycles. The normalized spacial score (nSPS) is 19.6. The maximum Gasteiger partial charge on any atom is 0.118 e. The Bertz CT molecular complexity index is 2000. The summed E-state index contributed by atoms with van der Waals surface area (Å²) in [4.78, 5) is 0. The van der Waals surface area contributed by atoms with Crippen molar-refractivity contribution in [2.45, 2.75) is 70.3 Å². The van der Waals surface area contributed by atoms with Crippen LogP contribution in [0.4, 0.5) is 0 Å². The Morgan fingerprint density at radius 3 is 1.51 bits per heavy atom. The fraction of sp³-hybridized carbons (Fsp3) is 0.265. The van der Waals surface area contributed by atoms with E-state index < -0.39 is 30.5 Å². The fourth-order valence-electron chi connectivity index (χ4n) is 7.08. The topological polar surface area (TPSA) is 55.4 Å². The van der Waals surface area contributed by atoms with Gasteiger partial charge in [0.2, 0.25) is 0 Å². The molecule has 0 amide bonds. The van der Waals surface area contributed by atoms with Crippen LogP contribution in [0.3, 0.4) is 0 Å². The highest BCUT2D eigenvalue weighted by molar-refractivity contribution is 5.38. The molecule has 282 valence electrons. The molecule has 0 bridgehead atoms. The van der Waals surface area contributed by atoms with Gasteiger partial charge in [0.05, 0.1) is 40.1 Å². The second kappa shape index (κ2) is 19.5. The first kappa shape index (κ1) is 38.2. The molecule has 0 saturated carbocycles. The molecule has 55 heavy (non-hydrogen) atoms. The minimum atomic E-state index is -0.508. The van der Waals surface area contributed by atoms with Crippen LogP contribution in [-0.4, -0.2) is 38.1 Å². The van der Waals surface area contributed by atoms with Crippen molar-refractivity contribution >= 4 is 0 Å². The molecule has 7 rings (SSSR count). The maximum atomic E-state index is 7.20. The minimum Gasteiger partial charge on any atom is -0.497 e. The van der Waals surface area contributed by atoms with E-state index in [1.54, 1.807) is 7.11 Å². The summed E-state index contributed by atoms with van der Waals surface area (Å²) in [6, 6.07) is 55.9. The van der Waals surface area contributed by atoms with Gasteiger partial charge in [0.25, 0.3) is 0 Å². The highest BCUT2D eigenvalue weighted by Gasteiger charge is 2.49. The van der Waals surface area contributed by atoms with E-state index in [2.05, 4.69) is 85.8 Å². The third-order valence-corrected chi connectivity index (χ3v) is 10.1. The van der Waals surface area contributed by atoms with Crippen molar-refractivity contribution in [2.75, 3.05) is 13.7 Å². The Hall–Kier alpha value is -5.08. The molecule has 1 aliphatic heterocycles. The van der Waals surface area contributed by atoms with E-state index in [-0.39, 0.29) is 0 Å². The summed E-state index contributed by atoms with van der Waals surface area (Å²) >= 11 is 0. The largest absolute Gasteiger partial charge is 0.497 e. The Morgan fingerprint density at radius 1 is 0.491 bits per heavy atom.